The van der Waals surface area contributed by atoms with E-state index in [1.165, 1.54) is 12.1 Å². The topological polar surface area (TPSA) is 49.8 Å². The summed E-state index contributed by atoms with van der Waals surface area (Å²) >= 11 is 0. The molecule has 0 aliphatic carbocycles. The molecule has 1 N–H and O–H groups in total. The van der Waals surface area contributed by atoms with Gasteiger partial charge in [0.05, 0.1) is 12.6 Å². The zero-order chi connectivity index (χ0) is 18.4. The fraction of sp³-hybridized carbons (Fsp3) is 0.400. The zero-order valence-electron chi connectivity index (χ0n) is 15.2. The lowest BCUT2D eigenvalue weighted by molar-refractivity contribution is -0.0604. The van der Waals surface area contributed by atoms with Crippen molar-refractivity contribution in [2.24, 2.45) is 4.99 Å². The minimum Gasteiger partial charge on any atom is -0.367 e. The van der Waals surface area contributed by atoms with Crippen LogP contribution in [0.4, 0.5) is 4.39 Å². The first-order chi connectivity index (χ1) is 12.7. The van der Waals surface area contributed by atoms with Crippen molar-refractivity contribution in [2.75, 3.05) is 26.7 Å². The number of nitrogens with one attached hydrogen (secondary N) is 1. The van der Waals surface area contributed by atoms with Gasteiger partial charge in [-0.2, -0.15) is 0 Å². The van der Waals surface area contributed by atoms with E-state index >= 15 is 0 Å². The second kappa shape index (κ2) is 8.76. The summed E-state index contributed by atoms with van der Waals surface area (Å²) in [6.07, 6.45) is 2.60. The SMILES string of the molecule is CN=C(NCCc1ccccn1)N1CC(C)OC(c2ccc(F)cc2)C1. The van der Waals surface area contributed by atoms with Crippen molar-refractivity contribution in [2.45, 2.75) is 25.6 Å². The highest BCUT2D eigenvalue weighted by molar-refractivity contribution is 5.80. The van der Waals surface area contributed by atoms with Gasteiger partial charge in [0.15, 0.2) is 5.96 Å². The number of hydrogen-bond donors (Lipinski definition) is 1. The number of aromatic nitrogens is 1. The Morgan fingerprint density at radius 1 is 1.27 bits per heavy atom. The second-order valence-electron chi connectivity index (χ2n) is 6.44. The summed E-state index contributed by atoms with van der Waals surface area (Å²) in [5.74, 6) is 0.615. The van der Waals surface area contributed by atoms with E-state index in [0.717, 1.165) is 36.7 Å². The molecule has 1 aliphatic heterocycles. The molecule has 3 rings (SSSR count). The van der Waals surface area contributed by atoms with Crippen LogP contribution in [0.15, 0.2) is 53.7 Å². The molecule has 0 saturated carbocycles. The highest BCUT2D eigenvalue weighted by Crippen LogP contribution is 2.25. The molecule has 5 nitrogen and oxygen atoms in total. The Morgan fingerprint density at radius 3 is 2.77 bits per heavy atom. The van der Waals surface area contributed by atoms with E-state index < -0.39 is 0 Å². The lowest BCUT2D eigenvalue weighted by Crippen LogP contribution is -2.51. The Labute approximate surface area is 153 Å². The number of pyridine rings is 1. The molecule has 1 aromatic heterocycles. The van der Waals surface area contributed by atoms with Gasteiger partial charge in [-0.1, -0.05) is 18.2 Å². The summed E-state index contributed by atoms with van der Waals surface area (Å²) in [7, 11) is 1.79. The van der Waals surface area contributed by atoms with Crippen LogP contribution in [0.25, 0.3) is 0 Å². The molecule has 1 aromatic carbocycles. The predicted octanol–water partition coefficient (Wildman–Crippen LogP) is 2.80. The first-order valence-corrected chi connectivity index (χ1v) is 8.92. The van der Waals surface area contributed by atoms with E-state index in [2.05, 4.69) is 20.2 Å². The molecular formula is C20H25FN4O. The Kier molecular flexibility index (Phi) is 6.17. The van der Waals surface area contributed by atoms with Gasteiger partial charge in [0.1, 0.15) is 11.9 Å². The molecule has 1 saturated heterocycles. The summed E-state index contributed by atoms with van der Waals surface area (Å²) in [6.45, 7) is 4.25. The van der Waals surface area contributed by atoms with E-state index in [0.29, 0.717) is 6.54 Å². The third kappa shape index (κ3) is 4.79. The van der Waals surface area contributed by atoms with Crippen molar-refractivity contribution in [1.29, 1.82) is 0 Å². The Bertz CT molecular complexity index is 720. The molecule has 138 valence electrons. The number of benzene rings is 1. The first-order valence-electron chi connectivity index (χ1n) is 8.92. The summed E-state index contributed by atoms with van der Waals surface area (Å²) in [6, 6.07) is 12.5. The van der Waals surface area contributed by atoms with E-state index in [1.54, 1.807) is 25.4 Å². The quantitative estimate of drug-likeness (QED) is 0.676. The number of guanidine groups is 1. The fourth-order valence-corrected chi connectivity index (χ4v) is 3.17. The Morgan fingerprint density at radius 2 is 2.08 bits per heavy atom. The standard InChI is InChI=1S/C20H25FN4O/c1-15-13-25(14-19(26-15)16-6-8-17(21)9-7-16)20(22-2)24-12-10-18-5-3-4-11-23-18/h3-9,11,15,19H,10,12-14H2,1-2H3,(H,22,24). The number of aliphatic imine (C=N–C) groups is 1. The normalized spacial score (nSPS) is 20.9. The largest absolute Gasteiger partial charge is 0.367 e. The lowest BCUT2D eigenvalue weighted by atomic mass is 10.1. The van der Waals surface area contributed by atoms with Crippen molar-refractivity contribution < 1.29 is 9.13 Å². The Balaban J connectivity index is 1.61. The van der Waals surface area contributed by atoms with Crippen LogP contribution in [0.2, 0.25) is 0 Å². The van der Waals surface area contributed by atoms with Crippen LogP contribution in [-0.2, 0) is 11.2 Å². The molecule has 2 aromatic rings. The predicted molar refractivity (Wildman–Crippen MR) is 101 cm³/mol. The smallest absolute Gasteiger partial charge is 0.193 e. The van der Waals surface area contributed by atoms with Crippen molar-refractivity contribution in [3.8, 4) is 0 Å². The number of halogens is 1. The molecule has 26 heavy (non-hydrogen) atoms. The highest BCUT2D eigenvalue weighted by atomic mass is 19.1. The fourth-order valence-electron chi connectivity index (χ4n) is 3.17. The maximum Gasteiger partial charge on any atom is 0.193 e. The van der Waals surface area contributed by atoms with Crippen LogP contribution in [0.5, 0.6) is 0 Å². The first kappa shape index (κ1) is 18.3. The number of hydrogen-bond acceptors (Lipinski definition) is 3. The molecule has 0 bridgehead atoms. The van der Waals surface area contributed by atoms with Gasteiger partial charge >= 0.3 is 0 Å². The van der Waals surface area contributed by atoms with Crippen LogP contribution < -0.4 is 5.32 Å². The van der Waals surface area contributed by atoms with Crippen LogP contribution in [-0.4, -0.2) is 48.6 Å². The minimum absolute atomic E-state index is 0.0631. The van der Waals surface area contributed by atoms with E-state index in [4.69, 9.17) is 4.74 Å². The summed E-state index contributed by atoms with van der Waals surface area (Å²) in [4.78, 5) is 11.0. The summed E-state index contributed by atoms with van der Waals surface area (Å²) in [5.41, 5.74) is 2.03. The third-order valence-corrected chi connectivity index (χ3v) is 4.40. The van der Waals surface area contributed by atoms with Gasteiger partial charge in [-0.15, -0.1) is 0 Å². The van der Waals surface area contributed by atoms with Crippen molar-refractivity contribution in [3.05, 3.63) is 65.7 Å². The van der Waals surface area contributed by atoms with Crippen LogP contribution >= 0.6 is 0 Å². The Hall–Kier alpha value is -2.47. The number of ether oxygens (including phenoxy) is 1. The maximum absolute atomic E-state index is 13.2. The molecule has 1 fully saturated rings. The minimum atomic E-state index is -0.235. The second-order valence-corrected chi connectivity index (χ2v) is 6.44. The number of rotatable bonds is 4. The summed E-state index contributed by atoms with van der Waals surface area (Å²) in [5, 5.41) is 3.41. The lowest BCUT2D eigenvalue weighted by Gasteiger charge is -2.38. The molecule has 1 aliphatic rings. The zero-order valence-corrected chi connectivity index (χ0v) is 15.2. The van der Waals surface area contributed by atoms with E-state index in [1.807, 2.05) is 25.1 Å². The number of nitrogens with zero attached hydrogens (tertiary/aromatic N) is 3. The number of morpholine rings is 1. The highest BCUT2D eigenvalue weighted by Gasteiger charge is 2.28. The van der Waals surface area contributed by atoms with E-state index in [-0.39, 0.29) is 18.0 Å². The summed E-state index contributed by atoms with van der Waals surface area (Å²) < 4.78 is 19.2. The molecular weight excluding hydrogens is 331 g/mol. The van der Waals surface area contributed by atoms with Gasteiger partial charge in [-0.25, -0.2) is 4.39 Å². The average molecular weight is 356 g/mol. The van der Waals surface area contributed by atoms with E-state index in [9.17, 15) is 4.39 Å². The molecule has 0 amide bonds. The van der Waals surface area contributed by atoms with Crippen LogP contribution in [0, 0.1) is 5.82 Å². The molecule has 0 spiro atoms. The average Bonchev–Trinajstić information content (AvgIpc) is 2.66. The van der Waals surface area contributed by atoms with Crippen LogP contribution in [0.1, 0.15) is 24.3 Å². The third-order valence-electron chi connectivity index (χ3n) is 4.40. The molecule has 6 heteroatoms. The van der Waals surface area contributed by atoms with Gasteiger partial charge in [-0.05, 0) is 36.8 Å². The van der Waals surface area contributed by atoms with Gasteiger partial charge in [0.25, 0.3) is 0 Å². The molecule has 2 atom stereocenters. The van der Waals surface area contributed by atoms with Crippen LogP contribution in [0.3, 0.4) is 0 Å². The van der Waals surface area contributed by atoms with Crippen molar-refractivity contribution in [1.82, 2.24) is 15.2 Å². The molecule has 2 heterocycles. The monoisotopic (exact) mass is 356 g/mol. The van der Waals surface area contributed by atoms with Gasteiger partial charge in [0.2, 0.25) is 0 Å². The molecule has 2 unspecified atom stereocenters. The van der Waals surface area contributed by atoms with Gasteiger partial charge in [0, 0.05) is 38.4 Å². The van der Waals surface area contributed by atoms with Crippen molar-refractivity contribution in [3.63, 3.8) is 0 Å². The van der Waals surface area contributed by atoms with Crippen molar-refractivity contribution >= 4 is 5.96 Å². The molecule has 0 radical (unpaired) electrons. The maximum atomic E-state index is 13.2. The van der Waals surface area contributed by atoms with Gasteiger partial charge in [-0.3, -0.25) is 9.98 Å². The van der Waals surface area contributed by atoms with Gasteiger partial charge < -0.3 is 15.0 Å².